The first-order valence-corrected chi connectivity index (χ1v) is 12.8. The number of hydrogen-bond donors (Lipinski definition) is 2. The Morgan fingerprint density at radius 1 is 1.08 bits per heavy atom. The third kappa shape index (κ3) is 4.44. The van der Waals surface area contributed by atoms with Crippen molar-refractivity contribution in [3.05, 3.63) is 82.5 Å². The largest absolute Gasteiger partial charge is 0.420 e. The number of oxazole rings is 1. The van der Waals surface area contributed by atoms with E-state index in [1.165, 1.54) is 16.7 Å². The van der Waals surface area contributed by atoms with E-state index in [-0.39, 0.29) is 16.9 Å². The number of pyridine rings is 1. The predicted octanol–water partition coefficient (Wildman–Crippen LogP) is 3.09. The number of aromatic nitrogens is 2. The summed E-state index contributed by atoms with van der Waals surface area (Å²) in [5, 5.41) is 3.31. The van der Waals surface area contributed by atoms with E-state index in [4.69, 9.17) is 4.42 Å². The minimum absolute atomic E-state index is 0.0968. The van der Waals surface area contributed by atoms with Gasteiger partial charge in [-0.3, -0.25) is 9.29 Å². The Kier molecular flexibility index (Phi) is 6.22. The highest BCUT2D eigenvalue weighted by Crippen LogP contribution is 2.32. The average Bonchev–Trinajstić information content (AvgIpc) is 3.18. The van der Waals surface area contributed by atoms with E-state index >= 15 is 4.39 Å². The van der Waals surface area contributed by atoms with E-state index in [9.17, 15) is 17.6 Å². The Labute approximate surface area is 205 Å². The third-order valence-corrected chi connectivity index (χ3v) is 7.51. The molecule has 0 unspecified atom stereocenters. The molecule has 9 nitrogen and oxygen atoms in total. The number of nitrogens with one attached hydrogen (secondary N) is 2. The molecule has 0 radical (unpaired) electrons. The Hall–Kier alpha value is -3.77. The van der Waals surface area contributed by atoms with Gasteiger partial charge in [-0.1, -0.05) is 24.3 Å². The molecule has 2 aromatic heterocycles. The zero-order chi connectivity index (χ0) is 25.4. The Morgan fingerprint density at radius 3 is 2.58 bits per heavy atom. The molecule has 0 saturated carbocycles. The lowest BCUT2D eigenvalue weighted by molar-refractivity contribution is 0.488. The van der Waals surface area contributed by atoms with Crippen LogP contribution in [-0.4, -0.2) is 44.1 Å². The standard InChI is InChI=1S/C24H23F2N5O4S/c1-15(16-5-2-3-6-18(16)30-11-9-27-10-12-30)31-19-13-17(25)21(14-20(19)35-24(31)32)36(33,34)29-23-8-4-7-22(26)28-23/h2-8,13-15,27H,9-12H2,1H3,(H,28,29)/t15-/m1/s1. The summed E-state index contributed by atoms with van der Waals surface area (Å²) < 4.78 is 62.8. The van der Waals surface area contributed by atoms with Crippen molar-refractivity contribution >= 4 is 32.6 Å². The fourth-order valence-electron chi connectivity index (χ4n) is 4.44. The summed E-state index contributed by atoms with van der Waals surface area (Å²) in [7, 11) is -4.49. The summed E-state index contributed by atoms with van der Waals surface area (Å²) in [5.74, 6) is -3.05. The molecule has 2 N–H and O–H groups in total. The van der Waals surface area contributed by atoms with Crippen LogP contribution in [0, 0.1) is 11.8 Å². The van der Waals surface area contributed by atoms with Crippen LogP contribution in [0.2, 0.25) is 0 Å². The zero-order valence-corrected chi connectivity index (χ0v) is 20.1. The van der Waals surface area contributed by atoms with Gasteiger partial charge in [0.1, 0.15) is 16.5 Å². The van der Waals surface area contributed by atoms with E-state index in [1.54, 1.807) is 6.92 Å². The number of hydrogen-bond acceptors (Lipinski definition) is 7. The van der Waals surface area contributed by atoms with Gasteiger partial charge in [0.2, 0.25) is 5.95 Å². The van der Waals surface area contributed by atoms with Crippen molar-refractivity contribution in [3.8, 4) is 0 Å². The maximum atomic E-state index is 15.1. The number of nitrogens with zero attached hydrogens (tertiary/aromatic N) is 3. The van der Waals surface area contributed by atoms with Gasteiger partial charge in [0, 0.05) is 44.0 Å². The lowest BCUT2D eigenvalue weighted by Gasteiger charge is -2.32. The van der Waals surface area contributed by atoms with Gasteiger partial charge in [0.15, 0.2) is 5.58 Å². The van der Waals surface area contributed by atoms with Gasteiger partial charge < -0.3 is 14.6 Å². The molecule has 12 heteroatoms. The van der Waals surface area contributed by atoms with Crippen LogP contribution in [0.25, 0.3) is 11.1 Å². The second-order valence-electron chi connectivity index (χ2n) is 8.41. The Morgan fingerprint density at radius 2 is 1.83 bits per heavy atom. The molecule has 0 aliphatic carbocycles. The number of rotatable bonds is 6. The van der Waals surface area contributed by atoms with Crippen molar-refractivity contribution in [2.24, 2.45) is 0 Å². The van der Waals surface area contributed by atoms with Gasteiger partial charge in [0.05, 0.1) is 11.6 Å². The van der Waals surface area contributed by atoms with E-state index in [0.29, 0.717) is 0 Å². The van der Waals surface area contributed by atoms with E-state index in [0.717, 1.165) is 55.6 Å². The third-order valence-electron chi connectivity index (χ3n) is 6.14. The molecule has 188 valence electrons. The van der Waals surface area contributed by atoms with E-state index < -0.39 is 38.5 Å². The summed E-state index contributed by atoms with van der Waals surface area (Å²) in [6, 6.07) is 12.6. The fourth-order valence-corrected chi connectivity index (χ4v) is 5.52. The Bertz CT molecular complexity index is 1600. The van der Waals surface area contributed by atoms with Crippen LogP contribution in [0.3, 0.4) is 0 Å². The van der Waals surface area contributed by atoms with Gasteiger partial charge in [-0.2, -0.15) is 4.39 Å². The molecule has 4 aromatic rings. The number of anilines is 2. The molecular formula is C24H23F2N5O4S. The SMILES string of the molecule is C[C@H](c1ccccc1N1CCNCC1)n1c(=O)oc2cc(S(=O)(=O)Nc3cccc(F)n3)c(F)cc21. The molecule has 0 spiro atoms. The highest BCUT2D eigenvalue weighted by atomic mass is 32.2. The lowest BCUT2D eigenvalue weighted by atomic mass is 10.0. The number of fused-ring (bicyclic) bond motifs is 1. The van der Waals surface area contributed by atoms with E-state index in [2.05, 4.69) is 15.2 Å². The van der Waals surface area contributed by atoms with Crippen molar-refractivity contribution in [2.75, 3.05) is 35.8 Å². The second kappa shape index (κ2) is 9.36. The number of halogens is 2. The van der Waals surface area contributed by atoms with Crippen molar-refractivity contribution in [1.29, 1.82) is 0 Å². The van der Waals surface area contributed by atoms with Gasteiger partial charge in [-0.15, -0.1) is 0 Å². The minimum atomic E-state index is -4.49. The summed E-state index contributed by atoms with van der Waals surface area (Å²) in [4.78, 5) is 17.8. The summed E-state index contributed by atoms with van der Waals surface area (Å²) in [6.07, 6.45) is 0. The monoisotopic (exact) mass is 515 g/mol. The van der Waals surface area contributed by atoms with E-state index in [1.807, 2.05) is 29.0 Å². The molecule has 0 bridgehead atoms. The summed E-state index contributed by atoms with van der Waals surface area (Å²) in [5.41, 5.74) is 1.82. The minimum Gasteiger partial charge on any atom is -0.408 e. The van der Waals surface area contributed by atoms with Crippen LogP contribution in [0.4, 0.5) is 20.3 Å². The first-order valence-electron chi connectivity index (χ1n) is 11.3. The average molecular weight is 516 g/mol. The van der Waals surface area contributed by atoms with Crippen LogP contribution in [-0.2, 0) is 10.0 Å². The molecule has 3 heterocycles. The predicted molar refractivity (Wildman–Crippen MR) is 131 cm³/mol. The molecule has 36 heavy (non-hydrogen) atoms. The topological polar surface area (TPSA) is 109 Å². The summed E-state index contributed by atoms with van der Waals surface area (Å²) >= 11 is 0. The fraction of sp³-hybridized carbons (Fsp3) is 0.250. The Balaban J connectivity index is 1.55. The van der Waals surface area contributed by atoms with Crippen LogP contribution in [0.15, 0.2) is 68.7 Å². The van der Waals surface area contributed by atoms with Crippen molar-refractivity contribution in [1.82, 2.24) is 14.9 Å². The second-order valence-corrected chi connectivity index (χ2v) is 10.1. The molecule has 1 aliphatic rings. The normalized spacial score (nSPS) is 15.2. The number of piperazine rings is 1. The molecule has 5 rings (SSSR count). The van der Waals surface area contributed by atoms with Gasteiger partial charge in [-0.25, -0.2) is 22.6 Å². The van der Waals surface area contributed by atoms with Gasteiger partial charge in [-0.05, 0) is 30.7 Å². The molecule has 2 aromatic carbocycles. The molecule has 1 saturated heterocycles. The van der Waals surface area contributed by atoms with Gasteiger partial charge in [0.25, 0.3) is 10.0 Å². The van der Waals surface area contributed by atoms with Crippen LogP contribution in [0.1, 0.15) is 18.5 Å². The zero-order valence-electron chi connectivity index (χ0n) is 19.2. The number of sulfonamides is 1. The van der Waals surface area contributed by atoms with Crippen LogP contribution in [0.5, 0.6) is 0 Å². The number of para-hydroxylation sites is 1. The van der Waals surface area contributed by atoms with Crippen LogP contribution >= 0.6 is 0 Å². The van der Waals surface area contributed by atoms with Crippen molar-refractivity contribution in [3.63, 3.8) is 0 Å². The molecule has 1 aliphatic heterocycles. The molecular weight excluding hydrogens is 492 g/mol. The highest BCUT2D eigenvalue weighted by molar-refractivity contribution is 7.92. The van der Waals surface area contributed by atoms with Crippen molar-refractivity contribution < 1.29 is 21.6 Å². The van der Waals surface area contributed by atoms with Crippen molar-refractivity contribution in [2.45, 2.75) is 17.9 Å². The number of benzene rings is 2. The maximum Gasteiger partial charge on any atom is 0.420 e. The first kappa shape index (κ1) is 23.9. The first-order chi connectivity index (χ1) is 17.2. The quantitative estimate of drug-likeness (QED) is 0.380. The lowest BCUT2D eigenvalue weighted by Crippen LogP contribution is -2.44. The maximum absolute atomic E-state index is 15.1. The summed E-state index contributed by atoms with van der Waals surface area (Å²) in [6.45, 7) is 5.07. The highest BCUT2D eigenvalue weighted by Gasteiger charge is 2.26. The smallest absolute Gasteiger partial charge is 0.408 e. The van der Waals surface area contributed by atoms with Crippen LogP contribution < -0.4 is 20.7 Å². The molecule has 0 amide bonds. The molecule has 1 fully saturated rings. The molecule has 1 atom stereocenters. The van der Waals surface area contributed by atoms with Gasteiger partial charge >= 0.3 is 5.76 Å².